The normalized spacial score (nSPS) is 14.9. The highest BCUT2D eigenvalue weighted by Crippen LogP contribution is 2.23. The Morgan fingerprint density at radius 1 is 1.00 bits per heavy atom. The van der Waals surface area contributed by atoms with Crippen molar-refractivity contribution in [3.05, 3.63) is 72.2 Å². The number of nitrogens with zero attached hydrogens (tertiary/aromatic N) is 1. The summed E-state index contributed by atoms with van der Waals surface area (Å²) in [5.74, 6) is 0.960. The van der Waals surface area contributed by atoms with Crippen LogP contribution >= 0.6 is 0 Å². The van der Waals surface area contributed by atoms with Gasteiger partial charge in [0.15, 0.2) is 0 Å². The summed E-state index contributed by atoms with van der Waals surface area (Å²) in [4.78, 5) is 27.3. The Morgan fingerprint density at radius 3 is 2.57 bits per heavy atom. The SMILES string of the molecule is O=C(NCCc1ccco1)C1CCN(C(=O)c2cccc3ccccc23)CC1. The average molecular weight is 376 g/mol. The van der Waals surface area contributed by atoms with Gasteiger partial charge in [-0.15, -0.1) is 0 Å². The van der Waals surface area contributed by atoms with Crippen LogP contribution in [0.15, 0.2) is 65.3 Å². The molecule has 0 saturated carbocycles. The summed E-state index contributed by atoms with van der Waals surface area (Å²) in [5, 5.41) is 5.04. The molecule has 5 nitrogen and oxygen atoms in total. The summed E-state index contributed by atoms with van der Waals surface area (Å²) in [6.07, 6.45) is 3.73. The number of hydrogen-bond donors (Lipinski definition) is 1. The summed E-state index contributed by atoms with van der Waals surface area (Å²) < 4.78 is 5.28. The molecule has 1 aliphatic heterocycles. The topological polar surface area (TPSA) is 62.6 Å². The van der Waals surface area contributed by atoms with Crippen molar-refractivity contribution in [2.75, 3.05) is 19.6 Å². The number of benzene rings is 2. The van der Waals surface area contributed by atoms with Crippen molar-refractivity contribution in [3.8, 4) is 0 Å². The van der Waals surface area contributed by atoms with Gasteiger partial charge in [-0.2, -0.15) is 0 Å². The first-order valence-corrected chi connectivity index (χ1v) is 9.79. The minimum atomic E-state index is -0.0341. The van der Waals surface area contributed by atoms with E-state index in [0.717, 1.165) is 22.1 Å². The number of fused-ring (bicyclic) bond motifs is 1. The van der Waals surface area contributed by atoms with Crippen molar-refractivity contribution in [1.29, 1.82) is 0 Å². The lowest BCUT2D eigenvalue weighted by Gasteiger charge is -2.31. The predicted octanol–water partition coefficient (Wildman–Crippen LogP) is 3.64. The number of carbonyl (C=O) groups is 2. The van der Waals surface area contributed by atoms with Crippen molar-refractivity contribution >= 4 is 22.6 Å². The summed E-state index contributed by atoms with van der Waals surface area (Å²) in [7, 11) is 0. The predicted molar refractivity (Wildman–Crippen MR) is 108 cm³/mol. The number of nitrogens with one attached hydrogen (secondary N) is 1. The van der Waals surface area contributed by atoms with Crippen LogP contribution in [0, 0.1) is 5.92 Å². The minimum Gasteiger partial charge on any atom is -0.469 e. The number of likely N-dealkylation sites (tertiary alicyclic amines) is 1. The van der Waals surface area contributed by atoms with E-state index in [0.29, 0.717) is 38.9 Å². The van der Waals surface area contributed by atoms with E-state index in [1.165, 1.54) is 0 Å². The molecule has 0 atom stereocenters. The number of amides is 2. The summed E-state index contributed by atoms with van der Waals surface area (Å²) >= 11 is 0. The second-order valence-electron chi connectivity index (χ2n) is 7.21. The average Bonchev–Trinajstić information content (AvgIpc) is 3.26. The monoisotopic (exact) mass is 376 g/mol. The van der Waals surface area contributed by atoms with Crippen LogP contribution in [0.4, 0.5) is 0 Å². The van der Waals surface area contributed by atoms with Gasteiger partial charge in [0.2, 0.25) is 5.91 Å². The molecule has 2 heterocycles. The van der Waals surface area contributed by atoms with Crippen LogP contribution in [-0.2, 0) is 11.2 Å². The second kappa shape index (κ2) is 8.30. The summed E-state index contributed by atoms with van der Waals surface area (Å²) in [5.41, 5.74) is 0.736. The Hall–Kier alpha value is -3.08. The van der Waals surface area contributed by atoms with E-state index in [-0.39, 0.29) is 17.7 Å². The Bertz CT molecular complexity index is 952. The molecular formula is C23H24N2O3. The fourth-order valence-corrected chi connectivity index (χ4v) is 3.84. The van der Waals surface area contributed by atoms with Crippen molar-refractivity contribution in [2.24, 2.45) is 5.92 Å². The third-order valence-electron chi connectivity index (χ3n) is 5.42. The number of rotatable bonds is 5. The highest BCUT2D eigenvalue weighted by atomic mass is 16.3. The Labute approximate surface area is 164 Å². The van der Waals surface area contributed by atoms with Crippen molar-refractivity contribution in [1.82, 2.24) is 10.2 Å². The zero-order valence-electron chi connectivity index (χ0n) is 15.8. The molecule has 0 radical (unpaired) electrons. The van der Waals surface area contributed by atoms with E-state index in [4.69, 9.17) is 4.42 Å². The quantitative estimate of drug-likeness (QED) is 0.739. The third kappa shape index (κ3) is 3.93. The summed E-state index contributed by atoms with van der Waals surface area (Å²) in [6, 6.07) is 17.5. The van der Waals surface area contributed by atoms with Crippen LogP contribution < -0.4 is 5.32 Å². The zero-order chi connectivity index (χ0) is 19.3. The first kappa shape index (κ1) is 18.3. The fourth-order valence-electron chi connectivity index (χ4n) is 3.84. The standard InChI is InChI=1S/C23H24N2O3/c26-22(24-13-10-19-7-4-16-28-19)18-11-14-25(15-12-18)23(27)21-9-3-6-17-5-1-2-8-20(17)21/h1-9,16,18H,10-15H2,(H,24,26). The van der Waals surface area contributed by atoms with Crippen molar-refractivity contribution in [2.45, 2.75) is 19.3 Å². The first-order chi connectivity index (χ1) is 13.7. The van der Waals surface area contributed by atoms with Gasteiger partial charge in [-0.05, 0) is 41.8 Å². The van der Waals surface area contributed by atoms with Gasteiger partial charge in [0.05, 0.1) is 6.26 Å². The summed E-state index contributed by atoms with van der Waals surface area (Å²) in [6.45, 7) is 1.79. The van der Waals surface area contributed by atoms with Crippen LogP contribution in [0.25, 0.3) is 10.8 Å². The molecule has 0 spiro atoms. The Balaban J connectivity index is 1.32. The molecule has 0 unspecified atom stereocenters. The third-order valence-corrected chi connectivity index (χ3v) is 5.42. The van der Waals surface area contributed by atoms with Crippen LogP contribution in [0.1, 0.15) is 29.0 Å². The van der Waals surface area contributed by atoms with Crippen molar-refractivity contribution < 1.29 is 14.0 Å². The molecule has 0 aliphatic carbocycles. The van der Waals surface area contributed by atoms with Crippen LogP contribution in [0.5, 0.6) is 0 Å². The zero-order valence-corrected chi connectivity index (χ0v) is 15.8. The number of hydrogen-bond acceptors (Lipinski definition) is 3. The second-order valence-corrected chi connectivity index (χ2v) is 7.21. The van der Waals surface area contributed by atoms with Gasteiger partial charge in [0, 0.05) is 37.5 Å². The number of piperidine rings is 1. The lowest BCUT2D eigenvalue weighted by atomic mass is 9.94. The van der Waals surface area contributed by atoms with E-state index in [1.54, 1.807) is 6.26 Å². The molecule has 1 saturated heterocycles. The molecule has 2 amide bonds. The molecule has 1 aliphatic rings. The maximum atomic E-state index is 13.0. The fraction of sp³-hybridized carbons (Fsp3) is 0.304. The number of carbonyl (C=O) groups excluding carboxylic acids is 2. The molecule has 0 bridgehead atoms. The van der Waals surface area contributed by atoms with Gasteiger partial charge >= 0.3 is 0 Å². The molecule has 3 aromatic rings. The molecule has 28 heavy (non-hydrogen) atoms. The molecule has 1 fully saturated rings. The Morgan fingerprint density at radius 2 is 1.79 bits per heavy atom. The molecule has 1 N–H and O–H groups in total. The number of furan rings is 1. The first-order valence-electron chi connectivity index (χ1n) is 9.79. The lowest BCUT2D eigenvalue weighted by Crippen LogP contribution is -2.43. The van der Waals surface area contributed by atoms with Gasteiger partial charge in [-0.25, -0.2) is 0 Å². The largest absolute Gasteiger partial charge is 0.469 e. The van der Waals surface area contributed by atoms with E-state index in [2.05, 4.69) is 5.32 Å². The minimum absolute atomic E-state index is 0.0341. The Kier molecular flexibility index (Phi) is 5.42. The maximum absolute atomic E-state index is 13.0. The van der Waals surface area contributed by atoms with Crippen LogP contribution in [-0.4, -0.2) is 36.3 Å². The van der Waals surface area contributed by atoms with E-state index < -0.39 is 0 Å². The molecule has 2 aromatic carbocycles. The molecule has 1 aromatic heterocycles. The van der Waals surface area contributed by atoms with E-state index >= 15 is 0 Å². The molecule has 5 heteroatoms. The maximum Gasteiger partial charge on any atom is 0.254 e. The van der Waals surface area contributed by atoms with Gasteiger partial charge in [-0.3, -0.25) is 9.59 Å². The van der Waals surface area contributed by atoms with E-state index in [1.807, 2.05) is 59.5 Å². The van der Waals surface area contributed by atoms with Gasteiger partial charge < -0.3 is 14.6 Å². The highest BCUT2D eigenvalue weighted by Gasteiger charge is 2.28. The molecule has 4 rings (SSSR count). The smallest absolute Gasteiger partial charge is 0.254 e. The molecular weight excluding hydrogens is 352 g/mol. The van der Waals surface area contributed by atoms with Gasteiger partial charge in [0.25, 0.3) is 5.91 Å². The van der Waals surface area contributed by atoms with Crippen LogP contribution in [0.2, 0.25) is 0 Å². The van der Waals surface area contributed by atoms with Crippen LogP contribution in [0.3, 0.4) is 0 Å². The highest BCUT2D eigenvalue weighted by molar-refractivity contribution is 6.07. The van der Waals surface area contributed by atoms with Crippen molar-refractivity contribution in [3.63, 3.8) is 0 Å². The van der Waals surface area contributed by atoms with Gasteiger partial charge in [-0.1, -0.05) is 36.4 Å². The lowest BCUT2D eigenvalue weighted by molar-refractivity contribution is -0.126. The van der Waals surface area contributed by atoms with Gasteiger partial charge in [0.1, 0.15) is 5.76 Å². The van der Waals surface area contributed by atoms with E-state index in [9.17, 15) is 9.59 Å². The molecule has 144 valence electrons.